The lowest BCUT2D eigenvalue weighted by molar-refractivity contribution is 0.0260. The summed E-state index contributed by atoms with van der Waals surface area (Å²) in [6, 6.07) is 27.1. The number of hydrogen-bond acceptors (Lipinski definition) is 4. The summed E-state index contributed by atoms with van der Waals surface area (Å²) in [5, 5.41) is -0.829. The first-order valence-electron chi connectivity index (χ1n) is 12.1. The van der Waals surface area contributed by atoms with E-state index in [1.54, 1.807) is 54.6 Å². The summed E-state index contributed by atoms with van der Waals surface area (Å²) >= 11 is 0. The molecule has 4 nitrogen and oxygen atoms in total. The molecule has 0 saturated heterocycles. The van der Waals surface area contributed by atoms with E-state index >= 15 is 0 Å². The summed E-state index contributed by atoms with van der Waals surface area (Å²) in [5.74, 6) is -0.478. The van der Waals surface area contributed by atoms with Gasteiger partial charge in [-0.25, -0.2) is 13.2 Å². The number of carbonyl (C=O) groups is 1. The van der Waals surface area contributed by atoms with E-state index in [4.69, 9.17) is 4.74 Å². The van der Waals surface area contributed by atoms with E-state index in [1.807, 2.05) is 36.4 Å². The molecule has 180 valence electrons. The van der Waals surface area contributed by atoms with Crippen molar-refractivity contribution in [1.82, 2.24) is 0 Å². The number of ether oxygens (including phenoxy) is 1. The molecule has 0 heterocycles. The van der Waals surface area contributed by atoms with E-state index in [1.165, 1.54) is 0 Å². The Labute approximate surface area is 203 Å². The maximum absolute atomic E-state index is 13.8. The molecule has 0 amide bonds. The first-order chi connectivity index (χ1) is 16.5. The van der Waals surface area contributed by atoms with Crippen LogP contribution in [0.3, 0.4) is 0 Å². The molecule has 0 aromatic heterocycles. The number of benzene rings is 3. The van der Waals surface area contributed by atoms with Gasteiger partial charge in [0.1, 0.15) is 11.4 Å². The molecule has 0 spiro atoms. The molecule has 34 heavy (non-hydrogen) atoms. The van der Waals surface area contributed by atoms with Gasteiger partial charge in [-0.1, -0.05) is 92.9 Å². The highest BCUT2D eigenvalue weighted by atomic mass is 32.2. The quantitative estimate of drug-likeness (QED) is 0.204. The van der Waals surface area contributed by atoms with Crippen molar-refractivity contribution in [2.24, 2.45) is 0 Å². The molecule has 0 N–H and O–H groups in total. The zero-order valence-electron chi connectivity index (χ0n) is 19.8. The van der Waals surface area contributed by atoms with Crippen LogP contribution in [-0.4, -0.2) is 25.7 Å². The fraction of sp³-hybridized carbons (Fsp3) is 0.345. The molecule has 0 aliphatic heterocycles. The van der Waals surface area contributed by atoms with E-state index in [-0.39, 0.29) is 4.90 Å². The van der Waals surface area contributed by atoms with Gasteiger partial charge in [0.25, 0.3) is 0 Å². The lowest BCUT2D eigenvalue weighted by atomic mass is 10.0. The molecule has 0 aliphatic rings. The van der Waals surface area contributed by atoms with Crippen LogP contribution in [0.1, 0.15) is 61.4 Å². The number of carbonyl (C=O) groups excluding carboxylic acids is 1. The van der Waals surface area contributed by atoms with Crippen LogP contribution < -0.4 is 0 Å². The topological polar surface area (TPSA) is 60.4 Å². The number of rotatable bonds is 13. The van der Waals surface area contributed by atoms with Crippen LogP contribution in [0.25, 0.3) is 0 Å². The molecule has 2 unspecified atom stereocenters. The van der Waals surface area contributed by atoms with Gasteiger partial charge in [-0.05, 0) is 55.5 Å². The van der Waals surface area contributed by atoms with Gasteiger partial charge in [-0.15, -0.1) is 0 Å². The first-order valence-corrected chi connectivity index (χ1v) is 13.7. The lowest BCUT2D eigenvalue weighted by Crippen LogP contribution is -2.38. The molecule has 2 atom stereocenters. The number of esters is 1. The minimum atomic E-state index is -3.72. The number of unbranched alkanes of at least 4 members (excludes halogenated alkanes) is 3. The van der Waals surface area contributed by atoms with Crippen LogP contribution in [0.4, 0.5) is 0 Å². The third kappa shape index (κ3) is 7.29. The second-order valence-corrected chi connectivity index (χ2v) is 10.7. The fourth-order valence-electron chi connectivity index (χ4n) is 4.15. The molecule has 0 fully saturated rings. The Morgan fingerprint density at radius 3 is 1.97 bits per heavy atom. The lowest BCUT2D eigenvalue weighted by Gasteiger charge is -2.27. The highest BCUT2D eigenvalue weighted by molar-refractivity contribution is 7.92. The minimum Gasteiger partial charge on any atom is -0.457 e. The van der Waals surface area contributed by atoms with Crippen LogP contribution in [-0.2, 0) is 21.0 Å². The Bertz CT molecular complexity index is 1100. The predicted octanol–water partition coefficient (Wildman–Crippen LogP) is 6.66. The van der Waals surface area contributed by atoms with Crippen molar-refractivity contribution in [2.45, 2.75) is 68.1 Å². The molecule has 0 saturated carbocycles. The first kappa shape index (κ1) is 25.7. The predicted molar refractivity (Wildman–Crippen MR) is 137 cm³/mol. The standard InChI is InChI=1S/C29H34O4S/c1-2-3-4-14-21-27(33-29(30)25-17-10-6-11-18-25)28(23-22-24-15-8-5-9-16-24)34(31,32)26-19-12-7-13-20-26/h5-13,15-20,27-28H,2-4,14,21-23H2,1H3. The van der Waals surface area contributed by atoms with Crippen LogP contribution >= 0.6 is 0 Å². The maximum Gasteiger partial charge on any atom is 0.338 e. The SMILES string of the molecule is CCCCCCC(OC(=O)c1ccccc1)C(CCc1ccccc1)S(=O)(=O)c1ccccc1. The summed E-state index contributed by atoms with van der Waals surface area (Å²) in [6.07, 6.45) is 4.70. The Hall–Kier alpha value is -2.92. The van der Waals surface area contributed by atoms with Crippen molar-refractivity contribution in [3.05, 3.63) is 102 Å². The minimum absolute atomic E-state index is 0.266. The third-order valence-electron chi connectivity index (χ3n) is 6.06. The number of sulfone groups is 1. The van der Waals surface area contributed by atoms with Crippen molar-refractivity contribution in [3.8, 4) is 0 Å². The molecule has 0 radical (unpaired) electrons. The van der Waals surface area contributed by atoms with E-state index in [0.29, 0.717) is 24.8 Å². The molecule has 3 aromatic carbocycles. The van der Waals surface area contributed by atoms with Crippen molar-refractivity contribution < 1.29 is 17.9 Å². The van der Waals surface area contributed by atoms with Gasteiger partial charge in [0.2, 0.25) is 0 Å². The summed E-state index contributed by atoms with van der Waals surface area (Å²) in [6.45, 7) is 2.13. The molecule has 3 rings (SSSR count). The van der Waals surface area contributed by atoms with E-state index in [0.717, 1.165) is 31.2 Å². The third-order valence-corrected chi connectivity index (χ3v) is 8.32. The second kappa shape index (κ2) is 13.1. The van der Waals surface area contributed by atoms with Crippen molar-refractivity contribution in [1.29, 1.82) is 0 Å². The van der Waals surface area contributed by atoms with Crippen molar-refractivity contribution in [2.75, 3.05) is 0 Å². The Morgan fingerprint density at radius 1 is 0.765 bits per heavy atom. The van der Waals surface area contributed by atoms with Gasteiger partial charge in [0.15, 0.2) is 9.84 Å². The van der Waals surface area contributed by atoms with Crippen molar-refractivity contribution >= 4 is 15.8 Å². The highest BCUT2D eigenvalue weighted by Crippen LogP contribution is 2.28. The van der Waals surface area contributed by atoms with Crippen LogP contribution in [0.5, 0.6) is 0 Å². The zero-order valence-corrected chi connectivity index (χ0v) is 20.6. The Morgan fingerprint density at radius 2 is 1.35 bits per heavy atom. The maximum atomic E-state index is 13.8. The van der Waals surface area contributed by atoms with Crippen LogP contribution in [0.2, 0.25) is 0 Å². The monoisotopic (exact) mass is 478 g/mol. The largest absolute Gasteiger partial charge is 0.457 e. The summed E-state index contributed by atoms with van der Waals surface area (Å²) in [4.78, 5) is 13.2. The summed E-state index contributed by atoms with van der Waals surface area (Å²) in [7, 11) is -3.72. The molecule has 0 bridgehead atoms. The normalized spacial score (nSPS) is 13.2. The average molecular weight is 479 g/mol. The smallest absolute Gasteiger partial charge is 0.338 e. The van der Waals surface area contributed by atoms with Crippen molar-refractivity contribution in [3.63, 3.8) is 0 Å². The van der Waals surface area contributed by atoms with E-state index in [9.17, 15) is 13.2 Å². The van der Waals surface area contributed by atoms with Gasteiger partial charge in [-0.3, -0.25) is 0 Å². The van der Waals surface area contributed by atoms with E-state index < -0.39 is 27.2 Å². The van der Waals surface area contributed by atoms with Gasteiger partial charge in [0, 0.05) is 0 Å². The van der Waals surface area contributed by atoms with E-state index in [2.05, 4.69) is 6.92 Å². The summed E-state index contributed by atoms with van der Waals surface area (Å²) < 4.78 is 33.6. The number of hydrogen-bond donors (Lipinski definition) is 0. The van der Waals surface area contributed by atoms with Gasteiger partial charge in [-0.2, -0.15) is 0 Å². The zero-order chi connectivity index (χ0) is 24.2. The fourth-order valence-corrected chi connectivity index (χ4v) is 6.06. The molecular formula is C29H34O4S. The van der Waals surface area contributed by atoms with Gasteiger partial charge < -0.3 is 4.74 Å². The van der Waals surface area contributed by atoms with Gasteiger partial charge in [0.05, 0.1) is 10.5 Å². The van der Waals surface area contributed by atoms with Crippen LogP contribution in [0.15, 0.2) is 95.9 Å². The van der Waals surface area contributed by atoms with Crippen LogP contribution in [0, 0.1) is 0 Å². The number of aryl methyl sites for hydroxylation is 1. The van der Waals surface area contributed by atoms with Gasteiger partial charge >= 0.3 is 5.97 Å². The Balaban J connectivity index is 1.92. The highest BCUT2D eigenvalue weighted by Gasteiger charge is 2.36. The second-order valence-electron chi connectivity index (χ2n) is 8.58. The Kier molecular flexibility index (Phi) is 9.89. The molecule has 0 aliphatic carbocycles. The molecule has 5 heteroatoms. The average Bonchev–Trinajstić information content (AvgIpc) is 2.88. The summed E-state index contributed by atoms with van der Waals surface area (Å²) in [5.41, 5.74) is 1.50. The molecular weight excluding hydrogens is 444 g/mol. The molecule has 3 aromatic rings.